The van der Waals surface area contributed by atoms with Crippen molar-refractivity contribution in [3.8, 4) is 11.5 Å². The van der Waals surface area contributed by atoms with Crippen molar-refractivity contribution in [2.75, 3.05) is 0 Å². The Kier molecular flexibility index (Phi) is 8.40. The molecule has 40 heavy (non-hydrogen) atoms. The van der Waals surface area contributed by atoms with Crippen LogP contribution in [0, 0.1) is 0 Å². The zero-order chi connectivity index (χ0) is 27.9. The predicted molar refractivity (Wildman–Crippen MR) is 158 cm³/mol. The van der Waals surface area contributed by atoms with Gasteiger partial charge in [0.2, 0.25) is 0 Å². The van der Waals surface area contributed by atoms with E-state index < -0.39 is 11.9 Å². The number of hydrogen-bond donors (Lipinski definition) is 1. The molecule has 0 saturated heterocycles. The summed E-state index contributed by atoms with van der Waals surface area (Å²) >= 11 is 11.8. The van der Waals surface area contributed by atoms with Gasteiger partial charge in [0.15, 0.2) is 0 Å². The number of ether oxygens (including phenoxy) is 2. The molecule has 0 radical (unpaired) electrons. The largest absolute Gasteiger partial charge is 0.489 e. The number of nitrogens with zero attached hydrogens (tertiary/aromatic N) is 1. The monoisotopic (exact) mass is 568 g/mol. The summed E-state index contributed by atoms with van der Waals surface area (Å²) in [5, 5.41) is 7.07. The Morgan fingerprint density at radius 3 is 2.12 bits per heavy atom. The first kappa shape index (κ1) is 26.9. The van der Waals surface area contributed by atoms with Gasteiger partial charge >= 0.3 is 5.97 Å². The number of amides is 1. The zero-order valence-electron chi connectivity index (χ0n) is 21.0. The second kappa shape index (κ2) is 12.5. The number of carbonyl (C=O) groups is 2. The van der Waals surface area contributed by atoms with Gasteiger partial charge in [-0.2, -0.15) is 5.10 Å². The van der Waals surface area contributed by atoms with Gasteiger partial charge < -0.3 is 9.47 Å². The van der Waals surface area contributed by atoms with E-state index in [0.717, 1.165) is 16.3 Å². The van der Waals surface area contributed by atoms with Gasteiger partial charge in [-0.15, -0.1) is 0 Å². The topological polar surface area (TPSA) is 77.0 Å². The van der Waals surface area contributed by atoms with Crippen LogP contribution in [-0.4, -0.2) is 18.1 Å². The molecule has 5 rings (SSSR count). The molecule has 0 saturated carbocycles. The van der Waals surface area contributed by atoms with Crippen molar-refractivity contribution >= 4 is 52.1 Å². The van der Waals surface area contributed by atoms with Gasteiger partial charge in [-0.3, -0.25) is 4.79 Å². The van der Waals surface area contributed by atoms with Gasteiger partial charge in [0.05, 0.1) is 11.8 Å². The molecule has 0 aromatic heterocycles. The van der Waals surface area contributed by atoms with E-state index in [1.807, 2.05) is 42.5 Å². The molecule has 8 heteroatoms. The third-order valence-electron chi connectivity index (χ3n) is 6.01. The first-order valence-electron chi connectivity index (χ1n) is 12.3. The molecule has 0 heterocycles. The average Bonchev–Trinajstić information content (AvgIpc) is 2.98. The quantitative estimate of drug-likeness (QED) is 0.0899. The zero-order valence-corrected chi connectivity index (χ0v) is 22.5. The summed E-state index contributed by atoms with van der Waals surface area (Å²) in [5.41, 5.74) is 4.82. The second-order valence-corrected chi connectivity index (χ2v) is 9.61. The standard InChI is InChI=1S/C32H22Cl2N2O4/c33-25-12-5-21(6-13-25)20-39-27-16-9-23(10-17-27)31(37)36-35-19-29-28-4-2-1-3-22(28)11-18-30(29)40-32(38)24-7-14-26(34)15-8-24/h1-19H,20H2,(H,36,37)/b35-19+. The van der Waals surface area contributed by atoms with Crippen molar-refractivity contribution in [1.82, 2.24) is 5.43 Å². The van der Waals surface area contributed by atoms with Crippen molar-refractivity contribution in [3.63, 3.8) is 0 Å². The Bertz CT molecular complexity index is 1680. The summed E-state index contributed by atoms with van der Waals surface area (Å²) in [4.78, 5) is 25.5. The number of halogens is 2. The summed E-state index contributed by atoms with van der Waals surface area (Å²) in [6, 6.07) is 31.7. The van der Waals surface area contributed by atoms with Gasteiger partial charge in [0, 0.05) is 21.2 Å². The lowest BCUT2D eigenvalue weighted by Gasteiger charge is -2.11. The molecule has 1 amide bonds. The molecular weight excluding hydrogens is 547 g/mol. The summed E-state index contributed by atoms with van der Waals surface area (Å²) in [6.07, 6.45) is 1.47. The fourth-order valence-electron chi connectivity index (χ4n) is 3.91. The molecule has 5 aromatic rings. The molecule has 0 bridgehead atoms. The van der Waals surface area contributed by atoms with Gasteiger partial charge in [0.25, 0.3) is 5.91 Å². The van der Waals surface area contributed by atoms with E-state index in [2.05, 4.69) is 10.5 Å². The van der Waals surface area contributed by atoms with Crippen LogP contribution >= 0.6 is 23.2 Å². The minimum atomic E-state index is -0.538. The maximum absolute atomic E-state index is 12.8. The van der Waals surface area contributed by atoms with Crippen molar-refractivity contribution in [3.05, 3.63) is 141 Å². The minimum Gasteiger partial charge on any atom is -0.489 e. The molecule has 1 N–H and O–H groups in total. The molecule has 0 fully saturated rings. The fraction of sp³-hybridized carbons (Fsp3) is 0.0312. The summed E-state index contributed by atoms with van der Waals surface area (Å²) in [7, 11) is 0. The number of carbonyl (C=O) groups excluding carboxylic acids is 2. The molecule has 198 valence electrons. The lowest BCUT2D eigenvalue weighted by atomic mass is 10.0. The maximum atomic E-state index is 12.8. The predicted octanol–water partition coefficient (Wildman–Crippen LogP) is 7.71. The highest BCUT2D eigenvalue weighted by Crippen LogP contribution is 2.27. The molecule has 5 aromatic carbocycles. The summed E-state index contributed by atoms with van der Waals surface area (Å²) < 4.78 is 11.5. The smallest absolute Gasteiger partial charge is 0.343 e. The van der Waals surface area contributed by atoms with Crippen molar-refractivity contribution in [2.24, 2.45) is 5.10 Å². The number of nitrogens with one attached hydrogen (secondary N) is 1. The van der Waals surface area contributed by atoms with Crippen LogP contribution in [0.4, 0.5) is 0 Å². The summed E-state index contributed by atoms with van der Waals surface area (Å²) in [6.45, 7) is 0.378. The highest BCUT2D eigenvalue weighted by Gasteiger charge is 2.14. The summed E-state index contributed by atoms with van der Waals surface area (Å²) in [5.74, 6) is -0.0128. The maximum Gasteiger partial charge on any atom is 0.343 e. The molecule has 0 aliphatic carbocycles. The van der Waals surface area contributed by atoms with Gasteiger partial charge in [-0.1, -0.05) is 65.7 Å². The minimum absolute atomic E-state index is 0.304. The normalized spacial score (nSPS) is 10.9. The first-order chi connectivity index (χ1) is 19.5. The van der Waals surface area contributed by atoms with Crippen LogP contribution in [-0.2, 0) is 6.61 Å². The van der Waals surface area contributed by atoms with Crippen LogP contribution < -0.4 is 14.9 Å². The number of hydrogen-bond acceptors (Lipinski definition) is 5. The highest BCUT2D eigenvalue weighted by molar-refractivity contribution is 6.30. The average molecular weight is 569 g/mol. The van der Waals surface area contributed by atoms with Crippen LogP contribution in [0.3, 0.4) is 0 Å². The fourth-order valence-corrected chi connectivity index (χ4v) is 4.16. The molecule has 0 spiro atoms. The number of hydrazone groups is 1. The third-order valence-corrected chi connectivity index (χ3v) is 6.51. The Morgan fingerprint density at radius 1 is 0.750 bits per heavy atom. The Balaban J connectivity index is 1.28. The Labute approximate surface area is 240 Å². The number of benzene rings is 5. The van der Waals surface area contributed by atoms with E-state index in [1.165, 1.54) is 6.21 Å². The SMILES string of the molecule is O=C(N/N=C/c1c(OC(=O)c2ccc(Cl)cc2)ccc2ccccc12)c1ccc(OCc2ccc(Cl)cc2)cc1. The van der Waals surface area contributed by atoms with Crippen LogP contribution in [0.5, 0.6) is 11.5 Å². The van der Waals surface area contributed by atoms with Crippen LogP contribution in [0.15, 0.2) is 114 Å². The number of fused-ring (bicyclic) bond motifs is 1. The third kappa shape index (κ3) is 6.67. The second-order valence-electron chi connectivity index (χ2n) is 8.73. The Morgan fingerprint density at radius 2 is 1.40 bits per heavy atom. The van der Waals surface area contributed by atoms with Crippen LogP contribution in [0.2, 0.25) is 10.0 Å². The Hall–Kier alpha value is -4.65. The number of esters is 1. The lowest BCUT2D eigenvalue weighted by molar-refractivity contribution is 0.0734. The van der Waals surface area contributed by atoms with Gasteiger partial charge in [-0.05, 0) is 83.1 Å². The van der Waals surface area contributed by atoms with Gasteiger partial charge in [-0.25, -0.2) is 10.2 Å². The molecule has 0 aliphatic rings. The molecular formula is C32H22Cl2N2O4. The van der Waals surface area contributed by atoms with Gasteiger partial charge in [0.1, 0.15) is 18.1 Å². The first-order valence-corrected chi connectivity index (χ1v) is 13.0. The molecule has 6 nitrogen and oxygen atoms in total. The lowest BCUT2D eigenvalue weighted by Crippen LogP contribution is -2.17. The molecule has 0 aliphatic heterocycles. The van der Waals surface area contributed by atoms with Crippen molar-refractivity contribution in [1.29, 1.82) is 0 Å². The van der Waals surface area contributed by atoms with E-state index in [9.17, 15) is 9.59 Å². The molecule has 0 atom stereocenters. The van der Waals surface area contributed by atoms with Crippen LogP contribution in [0.25, 0.3) is 10.8 Å². The molecule has 0 unspecified atom stereocenters. The van der Waals surface area contributed by atoms with E-state index in [1.54, 1.807) is 66.7 Å². The number of rotatable bonds is 8. The van der Waals surface area contributed by atoms with E-state index in [4.69, 9.17) is 32.7 Å². The van der Waals surface area contributed by atoms with Crippen molar-refractivity contribution < 1.29 is 19.1 Å². The van der Waals surface area contributed by atoms with Crippen molar-refractivity contribution in [2.45, 2.75) is 6.61 Å². The van der Waals surface area contributed by atoms with E-state index in [-0.39, 0.29) is 0 Å². The highest BCUT2D eigenvalue weighted by atomic mass is 35.5. The van der Waals surface area contributed by atoms with Crippen LogP contribution in [0.1, 0.15) is 31.8 Å². The van der Waals surface area contributed by atoms with E-state index in [0.29, 0.717) is 44.8 Å². The van der Waals surface area contributed by atoms with E-state index >= 15 is 0 Å².